The van der Waals surface area contributed by atoms with Gasteiger partial charge in [0.15, 0.2) is 0 Å². The van der Waals surface area contributed by atoms with Crippen molar-refractivity contribution in [1.29, 1.82) is 0 Å². The van der Waals surface area contributed by atoms with Crippen LogP contribution in [0.1, 0.15) is 52.9 Å². The van der Waals surface area contributed by atoms with Crippen molar-refractivity contribution >= 4 is 11.9 Å². The molecule has 1 aliphatic carbocycles. The van der Waals surface area contributed by atoms with Crippen LogP contribution in [-0.2, 0) is 4.79 Å². The van der Waals surface area contributed by atoms with Gasteiger partial charge in [0.2, 0.25) is 0 Å². The van der Waals surface area contributed by atoms with E-state index in [1.165, 1.54) is 24.2 Å². The predicted molar refractivity (Wildman–Crippen MR) is 68.0 cm³/mol. The lowest BCUT2D eigenvalue weighted by atomic mass is 9.84. The Morgan fingerprint density at radius 2 is 1.78 bits per heavy atom. The average Bonchev–Trinajstić information content (AvgIpc) is 2.75. The Balaban J connectivity index is 1.91. The molecule has 4 nitrogen and oxygen atoms in total. The largest absolute Gasteiger partial charge is 0.328 e. The zero-order chi connectivity index (χ0) is 13.1. The fourth-order valence-electron chi connectivity index (χ4n) is 3.93. The van der Waals surface area contributed by atoms with Crippen molar-refractivity contribution in [3.8, 4) is 0 Å². The van der Waals surface area contributed by atoms with Crippen LogP contribution in [0.3, 0.4) is 0 Å². The van der Waals surface area contributed by atoms with Gasteiger partial charge in [0.1, 0.15) is 6.04 Å². The number of hydrogen-bond donors (Lipinski definition) is 0. The van der Waals surface area contributed by atoms with Gasteiger partial charge in [0, 0.05) is 11.6 Å². The third-order valence-electron chi connectivity index (χ3n) is 4.68. The highest BCUT2D eigenvalue weighted by Gasteiger charge is 2.57. The smallest absolute Gasteiger partial charge is 0.309 e. The maximum Gasteiger partial charge on any atom is 0.328 e. The molecule has 0 bridgehead atoms. The maximum atomic E-state index is 12.5. The second-order valence-electron chi connectivity index (χ2n) is 6.90. The first kappa shape index (κ1) is 12.0. The van der Waals surface area contributed by atoms with Crippen molar-refractivity contribution in [2.24, 2.45) is 5.92 Å². The summed E-state index contributed by atoms with van der Waals surface area (Å²) in [5.74, 6) is 0.598. The molecule has 3 aliphatic rings. The minimum absolute atomic E-state index is 0.0295. The average molecular weight is 250 g/mol. The van der Waals surface area contributed by atoms with Crippen molar-refractivity contribution < 1.29 is 9.59 Å². The summed E-state index contributed by atoms with van der Waals surface area (Å²) in [5, 5.41) is 0. The molecule has 0 N–H and O–H groups in total. The summed E-state index contributed by atoms with van der Waals surface area (Å²) >= 11 is 0. The Bertz CT molecular complexity index is 399. The quantitative estimate of drug-likeness (QED) is 0.619. The third kappa shape index (κ3) is 1.50. The van der Waals surface area contributed by atoms with Crippen LogP contribution < -0.4 is 0 Å². The van der Waals surface area contributed by atoms with Gasteiger partial charge in [0.25, 0.3) is 5.91 Å². The maximum absolute atomic E-state index is 12.5. The Morgan fingerprint density at radius 1 is 1.11 bits per heavy atom. The molecule has 0 aromatic rings. The topological polar surface area (TPSA) is 40.6 Å². The van der Waals surface area contributed by atoms with Crippen LogP contribution in [-0.4, -0.2) is 39.4 Å². The minimum atomic E-state index is -0.400. The molecule has 3 fully saturated rings. The van der Waals surface area contributed by atoms with Crippen LogP contribution in [0.15, 0.2) is 0 Å². The van der Waals surface area contributed by atoms with Crippen LogP contribution in [0.25, 0.3) is 0 Å². The second kappa shape index (κ2) is 3.72. The summed E-state index contributed by atoms with van der Waals surface area (Å²) in [4.78, 5) is 28.4. The van der Waals surface area contributed by atoms with Crippen LogP contribution >= 0.6 is 0 Å². The number of nitrogens with zero attached hydrogens (tertiary/aromatic N) is 2. The normalized spacial score (nSPS) is 36.1. The number of fused-ring (bicyclic) bond motifs is 3. The van der Waals surface area contributed by atoms with Gasteiger partial charge in [-0.25, -0.2) is 4.79 Å². The van der Waals surface area contributed by atoms with Crippen molar-refractivity contribution in [2.45, 2.75) is 70.5 Å². The summed E-state index contributed by atoms with van der Waals surface area (Å²) in [6, 6.07) is 0.115. The summed E-state index contributed by atoms with van der Waals surface area (Å²) in [6.45, 7) is 5.80. The van der Waals surface area contributed by atoms with Crippen molar-refractivity contribution in [1.82, 2.24) is 9.80 Å². The number of carbonyl (C=O) groups excluding carboxylic acids is 2. The molecule has 1 saturated carbocycles. The Labute approximate surface area is 108 Å². The monoisotopic (exact) mass is 250 g/mol. The molecule has 4 heteroatoms. The van der Waals surface area contributed by atoms with Crippen molar-refractivity contribution in [3.05, 3.63) is 0 Å². The first-order valence-corrected chi connectivity index (χ1v) is 7.07. The van der Waals surface area contributed by atoms with E-state index in [0.29, 0.717) is 12.0 Å². The number of rotatable bonds is 0. The van der Waals surface area contributed by atoms with E-state index in [9.17, 15) is 9.59 Å². The van der Waals surface area contributed by atoms with E-state index in [2.05, 4.69) is 0 Å². The predicted octanol–water partition coefficient (Wildman–Crippen LogP) is 2.38. The number of amides is 3. The van der Waals surface area contributed by atoms with Crippen molar-refractivity contribution in [3.63, 3.8) is 0 Å². The third-order valence-corrected chi connectivity index (χ3v) is 4.68. The van der Waals surface area contributed by atoms with Gasteiger partial charge >= 0.3 is 6.03 Å². The second-order valence-corrected chi connectivity index (χ2v) is 6.90. The van der Waals surface area contributed by atoms with Crippen molar-refractivity contribution in [2.75, 3.05) is 0 Å². The molecular formula is C14H22N2O2. The van der Waals surface area contributed by atoms with Gasteiger partial charge in [0.05, 0.1) is 0 Å². The van der Waals surface area contributed by atoms with Gasteiger partial charge in [-0.05, 0) is 46.0 Å². The van der Waals surface area contributed by atoms with Gasteiger partial charge in [-0.3, -0.25) is 9.69 Å². The molecular weight excluding hydrogens is 228 g/mol. The Kier molecular flexibility index (Phi) is 2.48. The molecule has 0 radical (unpaired) electrons. The molecule has 18 heavy (non-hydrogen) atoms. The number of carbonyl (C=O) groups is 2. The summed E-state index contributed by atoms with van der Waals surface area (Å²) in [5.41, 5.74) is -0.400. The van der Waals surface area contributed by atoms with Gasteiger partial charge in [-0.1, -0.05) is 12.8 Å². The zero-order valence-corrected chi connectivity index (χ0v) is 11.5. The number of imide groups is 1. The standard InChI is InChI=1S/C14H22N2O2/c1-14(2,3)16-12(17)11-8-9-6-4-5-7-10(9)15(11)13(16)18/h9-11H,4-8H2,1-3H3. The lowest BCUT2D eigenvalue weighted by molar-refractivity contribution is -0.131. The highest BCUT2D eigenvalue weighted by molar-refractivity contribution is 6.05. The molecule has 0 aromatic heterocycles. The lowest BCUT2D eigenvalue weighted by Crippen LogP contribution is -2.48. The van der Waals surface area contributed by atoms with Gasteiger partial charge < -0.3 is 4.90 Å². The molecule has 2 heterocycles. The fraction of sp³-hybridized carbons (Fsp3) is 0.857. The van der Waals surface area contributed by atoms with E-state index in [1.54, 1.807) is 0 Å². The molecule has 3 atom stereocenters. The van der Waals surface area contributed by atoms with E-state index in [0.717, 1.165) is 12.8 Å². The molecule has 0 spiro atoms. The van der Waals surface area contributed by atoms with Gasteiger partial charge in [-0.15, -0.1) is 0 Å². The molecule has 3 amide bonds. The first-order valence-electron chi connectivity index (χ1n) is 7.07. The molecule has 0 aromatic carbocycles. The molecule has 3 rings (SSSR count). The number of urea groups is 1. The number of hydrogen-bond acceptors (Lipinski definition) is 2. The minimum Gasteiger partial charge on any atom is -0.309 e. The van der Waals surface area contributed by atoms with E-state index in [-0.39, 0.29) is 18.0 Å². The van der Waals surface area contributed by atoms with Gasteiger partial charge in [-0.2, -0.15) is 0 Å². The van der Waals surface area contributed by atoms with E-state index in [4.69, 9.17) is 0 Å². The molecule has 2 saturated heterocycles. The highest BCUT2D eigenvalue weighted by Crippen LogP contribution is 2.44. The van der Waals surface area contributed by atoms with Crippen LogP contribution in [0.5, 0.6) is 0 Å². The Hall–Kier alpha value is -1.06. The van der Waals surface area contributed by atoms with Crippen LogP contribution in [0.4, 0.5) is 4.79 Å². The zero-order valence-electron chi connectivity index (χ0n) is 11.5. The van der Waals surface area contributed by atoms with E-state index >= 15 is 0 Å². The summed E-state index contributed by atoms with van der Waals surface area (Å²) < 4.78 is 0. The lowest BCUT2D eigenvalue weighted by Gasteiger charge is -2.34. The Morgan fingerprint density at radius 3 is 2.44 bits per heavy atom. The van der Waals surface area contributed by atoms with Crippen LogP contribution in [0.2, 0.25) is 0 Å². The molecule has 3 unspecified atom stereocenters. The summed E-state index contributed by atoms with van der Waals surface area (Å²) in [7, 11) is 0. The van der Waals surface area contributed by atoms with E-state index < -0.39 is 5.54 Å². The van der Waals surface area contributed by atoms with E-state index in [1.807, 2.05) is 25.7 Å². The molecule has 2 aliphatic heterocycles. The SMILES string of the molecule is CC(C)(C)N1C(=O)C2CC3CCCCC3N2C1=O. The summed E-state index contributed by atoms with van der Waals surface area (Å²) in [6.07, 6.45) is 5.61. The first-order chi connectivity index (χ1) is 8.41. The fourth-order valence-corrected chi connectivity index (χ4v) is 3.93. The van der Waals surface area contributed by atoms with Crippen LogP contribution in [0, 0.1) is 5.92 Å². The molecule has 100 valence electrons. The highest BCUT2D eigenvalue weighted by atomic mass is 16.2.